The Morgan fingerprint density at radius 3 is 2.50 bits per heavy atom. The summed E-state index contributed by atoms with van der Waals surface area (Å²) >= 11 is 0. The fourth-order valence-corrected chi connectivity index (χ4v) is 0.590. The summed E-state index contributed by atoms with van der Waals surface area (Å²) in [7, 11) is 1.57. The molecule has 0 fully saturated rings. The molecule has 0 saturated heterocycles. The fourth-order valence-electron chi connectivity index (χ4n) is 0.590. The quantitative estimate of drug-likeness (QED) is 0.596. The normalized spacial score (nSPS) is 14.8. The Balaban J connectivity index is 4.09. The standard InChI is InChI=1S/C8H16N2O2/c1-6(7(11)9-4)5-10-8(2,3)12/h5-6,12H,1-4H3,(H,9,11)/b10-5-. The molecule has 4 nitrogen and oxygen atoms in total. The van der Waals surface area contributed by atoms with Crippen LogP contribution in [0.4, 0.5) is 0 Å². The van der Waals surface area contributed by atoms with Crippen molar-refractivity contribution >= 4 is 12.1 Å². The van der Waals surface area contributed by atoms with Gasteiger partial charge in [0.1, 0.15) is 5.72 Å². The Bertz CT molecular complexity index is 182. The average molecular weight is 172 g/mol. The van der Waals surface area contributed by atoms with E-state index in [1.807, 2.05) is 0 Å². The first-order chi connectivity index (χ1) is 5.37. The average Bonchev–Trinajstić information content (AvgIpc) is 1.97. The van der Waals surface area contributed by atoms with Gasteiger partial charge in [-0.2, -0.15) is 0 Å². The molecule has 0 rings (SSSR count). The van der Waals surface area contributed by atoms with Gasteiger partial charge in [-0.25, -0.2) is 0 Å². The zero-order valence-electron chi connectivity index (χ0n) is 7.96. The molecule has 70 valence electrons. The summed E-state index contributed by atoms with van der Waals surface area (Å²) in [5, 5.41) is 11.7. The van der Waals surface area contributed by atoms with Crippen LogP contribution in [0.25, 0.3) is 0 Å². The lowest BCUT2D eigenvalue weighted by Crippen LogP contribution is -2.27. The van der Waals surface area contributed by atoms with Gasteiger partial charge >= 0.3 is 0 Å². The van der Waals surface area contributed by atoms with Crippen LogP contribution in [0.1, 0.15) is 20.8 Å². The topological polar surface area (TPSA) is 61.7 Å². The minimum atomic E-state index is -1.09. The van der Waals surface area contributed by atoms with Crippen LogP contribution >= 0.6 is 0 Å². The number of nitrogens with zero attached hydrogens (tertiary/aromatic N) is 1. The van der Waals surface area contributed by atoms with E-state index < -0.39 is 5.72 Å². The van der Waals surface area contributed by atoms with Gasteiger partial charge in [0, 0.05) is 13.3 Å². The SMILES string of the molecule is CNC(=O)C(C)/C=N\C(C)(C)O. The Morgan fingerprint density at radius 1 is 1.67 bits per heavy atom. The first-order valence-corrected chi connectivity index (χ1v) is 3.86. The number of nitrogens with one attached hydrogen (secondary N) is 1. The molecular weight excluding hydrogens is 156 g/mol. The highest BCUT2D eigenvalue weighted by Gasteiger charge is 2.11. The summed E-state index contributed by atoms with van der Waals surface area (Å²) in [6.45, 7) is 4.83. The first-order valence-electron chi connectivity index (χ1n) is 3.86. The molecule has 0 saturated carbocycles. The number of aliphatic hydroxyl groups is 1. The van der Waals surface area contributed by atoms with Crippen molar-refractivity contribution < 1.29 is 9.90 Å². The number of hydrogen-bond donors (Lipinski definition) is 2. The van der Waals surface area contributed by atoms with Crippen molar-refractivity contribution in [2.75, 3.05) is 7.05 Å². The van der Waals surface area contributed by atoms with Crippen molar-refractivity contribution in [2.24, 2.45) is 10.9 Å². The third kappa shape index (κ3) is 4.85. The second-order valence-electron chi connectivity index (χ2n) is 3.18. The van der Waals surface area contributed by atoms with Crippen molar-refractivity contribution in [3.8, 4) is 0 Å². The molecule has 12 heavy (non-hydrogen) atoms. The van der Waals surface area contributed by atoms with Gasteiger partial charge in [-0.1, -0.05) is 0 Å². The van der Waals surface area contributed by atoms with E-state index >= 15 is 0 Å². The van der Waals surface area contributed by atoms with Crippen LogP contribution in [0.5, 0.6) is 0 Å². The highest BCUT2D eigenvalue weighted by molar-refractivity contribution is 5.92. The van der Waals surface area contributed by atoms with Gasteiger partial charge in [0.15, 0.2) is 0 Å². The second-order valence-corrected chi connectivity index (χ2v) is 3.18. The third-order valence-corrected chi connectivity index (χ3v) is 1.27. The number of carbonyl (C=O) groups excluding carboxylic acids is 1. The van der Waals surface area contributed by atoms with E-state index in [0.717, 1.165) is 0 Å². The number of amides is 1. The largest absolute Gasteiger partial charge is 0.370 e. The number of rotatable bonds is 3. The van der Waals surface area contributed by atoms with Gasteiger partial charge in [0.2, 0.25) is 5.91 Å². The third-order valence-electron chi connectivity index (χ3n) is 1.27. The van der Waals surface area contributed by atoms with Gasteiger partial charge < -0.3 is 10.4 Å². The molecule has 0 aromatic heterocycles. The van der Waals surface area contributed by atoms with Crippen LogP contribution in [0.15, 0.2) is 4.99 Å². The molecule has 1 unspecified atom stereocenters. The summed E-state index contributed by atoms with van der Waals surface area (Å²) < 4.78 is 0. The molecule has 0 aliphatic rings. The Labute approximate surface area is 72.7 Å². The molecule has 0 aliphatic carbocycles. The smallest absolute Gasteiger partial charge is 0.227 e. The van der Waals surface area contributed by atoms with Crippen LogP contribution in [-0.2, 0) is 4.79 Å². The highest BCUT2D eigenvalue weighted by Crippen LogP contribution is 2.02. The van der Waals surface area contributed by atoms with E-state index in [1.54, 1.807) is 27.8 Å². The van der Waals surface area contributed by atoms with Crippen molar-refractivity contribution in [1.82, 2.24) is 5.32 Å². The van der Waals surface area contributed by atoms with Gasteiger partial charge in [-0.3, -0.25) is 9.79 Å². The predicted octanol–water partition coefficient (Wildman–Crippen LogP) is 0.168. The zero-order valence-corrected chi connectivity index (χ0v) is 7.96. The van der Waals surface area contributed by atoms with Gasteiger partial charge in [0.05, 0.1) is 5.92 Å². The van der Waals surface area contributed by atoms with Gasteiger partial charge in [-0.15, -0.1) is 0 Å². The lowest BCUT2D eigenvalue weighted by molar-refractivity contribution is -0.122. The van der Waals surface area contributed by atoms with E-state index in [4.69, 9.17) is 0 Å². The minimum absolute atomic E-state index is 0.108. The molecular formula is C8H16N2O2. The summed E-state index contributed by atoms with van der Waals surface area (Å²) in [5.74, 6) is -0.413. The monoisotopic (exact) mass is 172 g/mol. The minimum Gasteiger partial charge on any atom is -0.370 e. The maximum Gasteiger partial charge on any atom is 0.227 e. The van der Waals surface area contributed by atoms with Crippen molar-refractivity contribution in [1.29, 1.82) is 0 Å². The van der Waals surface area contributed by atoms with Crippen LogP contribution in [-0.4, -0.2) is 30.0 Å². The Morgan fingerprint density at radius 2 is 2.17 bits per heavy atom. The van der Waals surface area contributed by atoms with E-state index in [1.165, 1.54) is 6.21 Å². The molecule has 0 bridgehead atoms. The lowest BCUT2D eigenvalue weighted by atomic mass is 10.2. The van der Waals surface area contributed by atoms with Crippen molar-refractivity contribution in [2.45, 2.75) is 26.5 Å². The summed E-state index contributed by atoms with van der Waals surface area (Å²) in [6, 6.07) is 0. The zero-order chi connectivity index (χ0) is 9.78. The Hall–Kier alpha value is -0.900. The van der Waals surface area contributed by atoms with E-state index in [0.29, 0.717) is 0 Å². The first kappa shape index (κ1) is 11.1. The molecule has 1 atom stereocenters. The van der Waals surface area contributed by atoms with E-state index in [2.05, 4.69) is 10.3 Å². The maximum absolute atomic E-state index is 10.9. The number of carbonyl (C=O) groups is 1. The maximum atomic E-state index is 10.9. The van der Waals surface area contributed by atoms with Crippen LogP contribution in [0, 0.1) is 5.92 Å². The van der Waals surface area contributed by atoms with Crippen LogP contribution in [0.2, 0.25) is 0 Å². The Kier molecular flexibility index (Phi) is 3.89. The van der Waals surface area contributed by atoms with E-state index in [-0.39, 0.29) is 11.8 Å². The van der Waals surface area contributed by atoms with Crippen molar-refractivity contribution in [3.63, 3.8) is 0 Å². The molecule has 2 N–H and O–H groups in total. The summed E-state index contributed by atoms with van der Waals surface area (Å²) in [4.78, 5) is 14.7. The fraction of sp³-hybridized carbons (Fsp3) is 0.750. The number of hydrogen-bond acceptors (Lipinski definition) is 3. The molecule has 0 aromatic carbocycles. The summed E-state index contributed by atoms with van der Waals surface area (Å²) in [6.07, 6.45) is 1.44. The molecule has 0 spiro atoms. The predicted molar refractivity (Wildman–Crippen MR) is 48.0 cm³/mol. The lowest BCUT2D eigenvalue weighted by Gasteiger charge is -2.11. The van der Waals surface area contributed by atoms with Crippen LogP contribution in [0.3, 0.4) is 0 Å². The van der Waals surface area contributed by atoms with Crippen LogP contribution < -0.4 is 5.32 Å². The molecule has 0 aliphatic heterocycles. The van der Waals surface area contributed by atoms with E-state index in [9.17, 15) is 9.90 Å². The molecule has 0 radical (unpaired) electrons. The van der Waals surface area contributed by atoms with Gasteiger partial charge in [-0.05, 0) is 20.8 Å². The molecule has 4 heteroatoms. The van der Waals surface area contributed by atoms with Gasteiger partial charge in [0.25, 0.3) is 0 Å². The molecule has 0 heterocycles. The summed E-state index contributed by atoms with van der Waals surface area (Å²) in [5.41, 5.74) is -1.09. The second kappa shape index (κ2) is 4.21. The molecule has 1 amide bonds. The van der Waals surface area contributed by atoms with Crippen molar-refractivity contribution in [3.05, 3.63) is 0 Å². The highest BCUT2D eigenvalue weighted by atomic mass is 16.3. The molecule has 0 aromatic rings. The number of aliphatic imine (C=N–C) groups is 1.